The third-order valence-electron chi connectivity index (χ3n) is 3.93. The number of aromatic nitrogens is 3. The van der Waals surface area contributed by atoms with Gasteiger partial charge in [0, 0.05) is 0 Å². The number of hydrogen-bond donors (Lipinski definition) is 2. The molecule has 0 saturated heterocycles. The molecule has 2 N–H and O–H groups in total. The molecule has 2 aromatic heterocycles. The van der Waals surface area contributed by atoms with Gasteiger partial charge < -0.3 is 10.1 Å². The van der Waals surface area contributed by atoms with Crippen molar-refractivity contribution in [1.82, 2.24) is 15.2 Å². The van der Waals surface area contributed by atoms with Gasteiger partial charge >= 0.3 is 0 Å². The molecular weight excluding hydrogens is 454 g/mol. The Morgan fingerprint density at radius 3 is 2.65 bits per heavy atom. The van der Waals surface area contributed by atoms with Gasteiger partial charge in [0.1, 0.15) is 5.75 Å². The SMILES string of the molecule is CCOc1ccccc1C(=O)Nc1nnc(SCC(=O)Nc2nc3ccccc3s2)s1. The molecule has 31 heavy (non-hydrogen) atoms. The lowest BCUT2D eigenvalue weighted by molar-refractivity contribution is -0.113. The highest BCUT2D eigenvalue weighted by atomic mass is 32.2. The molecule has 0 spiro atoms. The van der Waals surface area contributed by atoms with Crippen molar-refractivity contribution in [2.24, 2.45) is 0 Å². The molecular formula is C20H17N5O3S3. The number of nitrogens with one attached hydrogen (secondary N) is 2. The highest BCUT2D eigenvalue weighted by Crippen LogP contribution is 2.28. The standard InChI is InChI=1S/C20H17N5O3S3/c1-2-28-14-9-5-3-7-12(14)17(27)23-19-24-25-20(31-19)29-11-16(26)22-18-21-13-8-4-6-10-15(13)30-18/h3-10H,2,11H2,1H3,(H,21,22,26)(H,23,24,27). The van der Waals surface area contributed by atoms with Gasteiger partial charge in [-0.2, -0.15) is 0 Å². The van der Waals surface area contributed by atoms with Crippen LogP contribution in [0, 0.1) is 0 Å². The average molecular weight is 472 g/mol. The summed E-state index contributed by atoms with van der Waals surface area (Å²) in [5, 5.41) is 14.4. The Morgan fingerprint density at radius 2 is 1.81 bits per heavy atom. The van der Waals surface area contributed by atoms with Gasteiger partial charge in [-0.25, -0.2) is 4.98 Å². The van der Waals surface area contributed by atoms with Crippen molar-refractivity contribution in [1.29, 1.82) is 0 Å². The summed E-state index contributed by atoms with van der Waals surface area (Å²) in [6, 6.07) is 14.7. The van der Waals surface area contributed by atoms with E-state index in [1.54, 1.807) is 24.3 Å². The van der Waals surface area contributed by atoms with Crippen molar-refractivity contribution in [2.75, 3.05) is 23.0 Å². The maximum Gasteiger partial charge on any atom is 0.261 e. The first-order chi connectivity index (χ1) is 15.1. The minimum Gasteiger partial charge on any atom is -0.493 e. The van der Waals surface area contributed by atoms with E-state index in [9.17, 15) is 9.59 Å². The van der Waals surface area contributed by atoms with Crippen molar-refractivity contribution in [3.05, 3.63) is 54.1 Å². The lowest BCUT2D eigenvalue weighted by Gasteiger charge is -2.08. The Morgan fingerprint density at radius 1 is 1.00 bits per heavy atom. The lowest BCUT2D eigenvalue weighted by Crippen LogP contribution is -2.13. The van der Waals surface area contributed by atoms with Crippen LogP contribution in [0.3, 0.4) is 0 Å². The molecule has 0 unspecified atom stereocenters. The Hall–Kier alpha value is -3.02. The number of benzene rings is 2. The van der Waals surface area contributed by atoms with Gasteiger partial charge in [0.15, 0.2) is 9.47 Å². The second-order valence-electron chi connectivity index (χ2n) is 6.08. The largest absolute Gasteiger partial charge is 0.493 e. The highest BCUT2D eigenvalue weighted by Gasteiger charge is 2.15. The normalized spacial score (nSPS) is 10.7. The first-order valence-electron chi connectivity index (χ1n) is 9.27. The number of hydrogen-bond acceptors (Lipinski definition) is 9. The molecule has 2 aromatic carbocycles. The highest BCUT2D eigenvalue weighted by molar-refractivity contribution is 8.01. The van der Waals surface area contributed by atoms with E-state index < -0.39 is 0 Å². The Balaban J connectivity index is 1.31. The number of amides is 2. The van der Waals surface area contributed by atoms with Gasteiger partial charge in [0.05, 0.1) is 28.1 Å². The van der Waals surface area contributed by atoms with Crippen LogP contribution < -0.4 is 15.4 Å². The van der Waals surface area contributed by atoms with E-state index in [2.05, 4.69) is 25.8 Å². The molecule has 8 nitrogen and oxygen atoms in total. The number of nitrogens with zero attached hydrogens (tertiary/aromatic N) is 3. The second-order valence-corrected chi connectivity index (χ2v) is 9.31. The van der Waals surface area contributed by atoms with Gasteiger partial charge in [0.2, 0.25) is 11.0 Å². The van der Waals surface area contributed by atoms with E-state index in [-0.39, 0.29) is 17.6 Å². The fourth-order valence-corrected chi connectivity index (χ4v) is 5.06. The van der Waals surface area contributed by atoms with Crippen molar-refractivity contribution in [2.45, 2.75) is 11.3 Å². The number of carbonyl (C=O) groups is 2. The first kappa shape index (κ1) is 21.2. The molecule has 158 valence electrons. The van der Waals surface area contributed by atoms with E-state index in [1.807, 2.05) is 31.2 Å². The number of para-hydroxylation sites is 2. The van der Waals surface area contributed by atoms with Gasteiger partial charge in [-0.15, -0.1) is 10.2 Å². The molecule has 0 bridgehead atoms. The number of ether oxygens (including phenoxy) is 1. The fourth-order valence-electron chi connectivity index (χ4n) is 2.63. The summed E-state index contributed by atoms with van der Waals surface area (Å²) in [6.07, 6.45) is 0. The van der Waals surface area contributed by atoms with Crippen LogP contribution in [-0.2, 0) is 4.79 Å². The molecule has 2 heterocycles. The summed E-state index contributed by atoms with van der Waals surface area (Å²) < 4.78 is 7.08. The summed E-state index contributed by atoms with van der Waals surface area (Å²) in [6.45, 7) is 2.32. The Labute approximate surface area is 190 Å². The number of thiazole rings is 1. The molecule has 11 heteroatoms. The van der Waals surface area contributed by atoms with Crippen LogP contribution in [0.5, 0.6) is 5.75 Å². The number of rotatable bonds is 8. The molecule has 0 radical (unpaired) electrons. The van der Waals surface area contributed by atoms with E-state index in [0.717, 1.165) is 10.2 Å². The van der Waals surface area contributed by atoms with Crippen molar-refractivity contribution < 1.29 is 14.3 Å². The molecule has 2 amide bonds. The van der Waals surface area contributed by atoms with Crippen molar-refractivity contribution >= 4 is 66.7 Å². The second kappa shape index (κ2) is 9.86. The molecule has 0 aliphatic heterocycles. The fraction of sp³-hybridized carbons (Fsp3) is 0.150. The van der Waals surface area contributed by atoms with Crippen LogP contribution >= 0.6 is 34.4 Å². The number of fused-ring (bicyclic) bond motifs is 1. The van der Waals surface area contributed by atoms with Crippen LogP contribution in [-0.4, -0.2) is 39.4 Å². The zero-order valence-electron chi connectivity index (χ0n) is 16.3. The van der Waals surface area contributed by atoms with Gasteiger partial charge in [-0.05, 0) is 31.2 Å². The minimum atomic E-state index is -0.328. The zero-order chi connectivity index (χ0) is 21.6. The Bertz CT molecular complexity index is 1190. The van der Waals surface area contributed by atoms with Crippen LogP contribution in [0.2, 0.25) is 0 Å². The maximum atomic E-state index is 12.5. The molecule has 4 rings (SSSR count). The third kappa shape index (κ3) is 5.37. The van der Waals surface area contributed by atoms with Crippen molar-refractivity contribution in [3.8, 4) is 5.75 Å². The molecule has 4 aromatic rings. The van der Waals surface area contributed by atoms with Crippen molar-refractivity contribution in [3.63, 3.8) is 0 Å². The average Bonchev–Trinajstić information content (AvgIpc) is 3.39. The van der Waals surface area contributed by atoms with Gasteiger partial charge in [-0.3, -0.25) is 14.9 Å². The van der Waals surface area contributed by atoms with E-state index >= 15 is 0 Å². The quantitative estimate of drug-likeness (QED) is 0.287. The summed E-state index contributed by atoms with van der Waals surface area (Å²) in [7, 11) is 0. The van der Waals surface area contributed by atoms with Gasteiger partial charge in [0.25, 0.3) is 5.91 Å². The van der Waals surface area contributed by atoms with E-state index in [0.29, 0.717) is 32.5 Å². The number of carbonyl (C=O) groups excluding carboxylic acids is 2. The van der Waals surface area contributed by atoms with Crippen LogP contribution in [0.25, 0.3) is 10.2 Å². The summed E-state index contributed by atoms with van der Waals surface area (Å²) >= 11 is 3.87. The van der Waals surface area contributed by atoms with E-state index in [4.69, 9.17) is 4.74 Å². The molecule has 0 aliphatic carbocycles. The lowest BCUT2D eigenvalue weighted by atomic mass is 10.2. The predicted octanol–water partition coefficient (Wildman–Crippen LogP) is 4.53. The third-order valence-corrected chi connectivity index (χ3v) is 6.85. The Kier molecular flexibility index (Phi) is 6.75. The van der Waals surface area contributed by atoms with Crippen LogP contribution in [0.15, 0.2) is 52.9 Å². The molecule has 0 aliphatic rings. The monoisotopic (exact) mass is 471 g/mol. The summed E-state index contributed by atoms with van der Waals surface area (Å²) in [4.78, 5) is 29.2. The minimum absolute atomic E-state index is 0.158. The molecule has 0 saturated carbocycles. The van der Waals surface area contributed by atoms with Gasteiger partial charge in [-0.1, -0.05) is 58.7 Å². The maximum absolute atomic E-state index is 12.5. The number of anilines is 2. The van der Waals surface area contributed by atoms with Crippen LogP contribution in [0.4, 0.5) is 10.3 Å². The topological polar surface area (TPSA) is 106 Å². The first-order valence-corrected chi connectivity index (χ1v) is 11.9. The number of thioether (sulfide) groups is 1. The van der Waals surface area contributed by atoms with E-state index in [1.165, 1.54) is 34.4 Å². The summed E-state index contributed by atoms with van der Waals surface area (Å²) in [5.41, 5.74) is 1.27. The predicted molar refractivity (Wildman–Crippen MR) is 124 cm³/mol. The smallest absolute Gasteiger partial charge is 0.261 e. The molecule has 0 atom stereocenters. The zero-order valence-corrected chi connectivity index (χ0v) is 18.8. The summed E-state index contributed by atoms with van der Waals surface area (Å²) in [5.74, 6) is 0.153. The molecule has 0 fully saturated rings. The van der Waals surface area contributed by atoms with Crippen LogP contribution in [0.1, 0.15) is 17.3 Å².